The van der Waals surface area contributed by atoms with Gasteiger partial charge in [-0.1, -0.05) is 24.3 Å². The molecule has 0 radical (unpaired) electrons. The number of nitrogens with one attached hydrogen (secondary N) is 1. The van der Waals surface area contributed by atoms with Gasteiger partial charge in [-0.15, -0.1) is 0 Å². The minimum Gasteiger partial charge on any atom is -0.508 e. The van der Waals surface area contributed by atoms with E-state index in [1.807, 2.05) is 25.1 Å². The topological polar surface area (TPSA) is 32.3 Å². The lowest BCUT2D eigenvalue weighted by Crippen LogP contribution is -2.21. The van der Waals surface area contributed by atoms with E-state index in [1.54, 1.807) is 24.3 Å². The van der Waals surface area contributed by atoms with Gasteiger partial charge >= 0.3 is 0 Å². The average molecular weight is 259 g/mol. The highest BCUT2D eigenvalue weighted by atomic mass is 19.1. The van der Waals surface area contributed by atoms with Gasteiger partial charge in [0.15, 0.2) is 0 Å². The van der Waals surface area contributed by atoms with Crippen LogP contribution in [0.2, 0.25) is 0 Å². The molecule has 19 heavy (non-hydrogen) atoms. The van der Waals surface area contributed by atoms with Gasteiger partial charge in [-0.25, -0.2) is 4.39 Å². The van der Waals surface area contributed by atoms with E-state index in [9.17, 15) is 9.50 Å². The van der Waals surface area contributed by atoms with E-state index in [4.69, 9.17) is 0 Å². The van der Waals surface area contributed by atoms with Crippen molar-refractivity contribution in [1.29, 1.82) is 0 Å². The Labute approximate surface area is 112 Å². The summed E-state index contributed by atoms with van der Waals surface area (Å²) in [4.78, 5) is 0. The minimum atomic E-state index is -0.204. The van der Waals surface area contributed by atoms with Gasteiger partial charge in [0, 0.05) is 6.04 Å². The molecule has 2 N–H and O–H groups in total. The van der Waals surface area contributed by atoms with Crippen LogP contribution in [0.15, 0.2) is 48.5 Å². The summed E-state index contributed by atoms with van der Waals surface area (Å²) in [6.45, 7) is 2.83. The molecule has 2 aromatic rings. The molecule has 0 saturated carbocycles. The van der Waals surface area contributed by atoms with E-state index in [0.717, 1.165) is 24.1 Å². The van der Waals surface area contributed by atoms with Gasteiger partial charge in [-0.3, -0.25) is 0 Å². The number of phenolic OH excluding ortho intramolecular Hbond substituents is 1. The maximum absolute atomic E-state index is 13.1. The summed E-state index contributed by atoms with van der Waals surface area (Å²) in [5.74, 6) is 0.0783. The predicted octanol–water partition coefficient (Wildman–Crippen LogP) is 3.42. The lowest BCUT2D eigenvalue weighted by Gasteiger charge is -2.14. The molecule has 100 valence electrons. The minimum absolute atomic E-state index is 0.118. The zero-order valence-corrected chi connectivity index (χ0v) is 10.9. The average Bonchev–Trinajstić information content (AvgIpc) is 2.41. The van der Waals surface area contributed by atoms with Crippen molar-refractivity contribution in [2.45, 2.75) is 19.4 Å². The molecule has 0 amide bonds. The van der Waals surface area contributed by atoms with Crippen molar-refractivity contribution in [3.05, 3.63) is 65.5 Å². The fraction of sp³-hybridized carbons (Fsp3) is 0.250. The van der Waals surface area contributed by atoms with Crippen LogP contribution >= 0.6 is 0 Å². The SMILES string of the molecule is CC(NCCc1ccc(O)cc1)c1cccc(F)c1. The normalized spacial score (nSPS) is 12.3. The molecule has 2 rings (SSSR count). The van der Waals surface area contributed by atoms with Gasteiger partial charge in [-0.2, -0.15) is 0 Å². The first-order chi connectivity index (χ1) is 9.15. The molecule has 0 bridgehead atoms. The molecule has 2 aromatic carbocycles. The summed E-state index contributed by atoms with van der Waals surface area (Å²) in [6.07, 6.45) is 0.875. The number of halogens is 1. The maximum atomic E-state index is 13.1. The second-order valence-corrected chi connectivity index (χ2v) is 4.65. The molecule has 0 aromatic heterocycles. The van der Waals surface area contributed by atoms with Gasteiger partial charge in [-0.05, 0) is 55.3 Å². The summed E-state index contributed by atoms with van der Waals surface area (Å²) >= 11 is 0. The van der Waals surface area contributed by atoms with Crippen LogP contribution in [-0.4, -0.2) is 11.7 Å². The highest BCUT2D eigenvalue weighted by Gasteiger charge is 2.05. The molecular formula is C16H18FNO. The Morgan fingerprint density at radius 3 is 2.58 bits per heavy atom. The second kappa shape index (κ2) is 6.34. The van der Waals surface area contributed by atoms with Gasteiger partial charge < -0.3 is 10.4 Å². The van der Waals surface area contributed by atoms with Crippen LogP contribution in [0.4, 0.5) is 4.39 Å². The largest absolute Gasteiger partial charge is 0.508 e. The Morgan fingerprint density at radius 2 is 1.89 bits per heavy atom. The van der Waals surface area contributed by atoms with Crippen LogP contribution in [0.1, 0.15) is 24.1 Å². The van der Waals surface area contributed by atoms with E-state index in [2.05, 4.69) is 5.32 Å². The highest BCUT2D eigenvalue weighted by Crippen LogP contribution is 2.14. The Morgan fingerprint density at radius 1 is 1.16 bits per heavy atom. The third-order valence-corrected chi connectivity index (χ3v) is 3.15. The first-order valence-electron chi connectivity index (χ1n) is 6.42. The first-order valence-corrected chi connectivity index (χ1v) is 6.42. The molecule has 0 aliphatic heterocycles. The summed E-state index contributed by atoms with van der Waals surface area (Å²) in [7, 11) is 0. The third kappa shape index (κ3) is 4.07. The molecule has 0 aliphatic carbocycles. The van der Waals surface area contributed by atoms with Crippen LogP contribution < -0.4 is 5.32 Å². The van der Waals surface area contributed by atoms with Gasteiger partial charge in [0.1, 0.15) is 11.6 Å². The van der Waals surface area contributed by atoms with Crippen LogP contribution in [-0.2, 0) is 6.42 Å². The van der Waals surface area contributed by atoms with Crippen LogP contribution in [0.3, 0.4) is 0 Å². The third-order valence-electron chi connectivity index (χ3n) is 3.15. The van der Waals surface area contributed by atoms with E-state index in [1.165, 1.54) is 6.07 Å². The first kappa shape index (κ1) is 13.6. The molecule has 3 heteroatoms. The van der Waals surface area contributed by atoms with Crippen molar-refractivity contribution in [2.24, 2.45) is 0 Å². The number of hydrogen-bond acceptors (Lipinski definition) is 2. The van der Waals surface area contributed by atoms with Crippen LogP contribution in [0.5, 0.6) is 5.75 Å². The Balaban J connectivity index is 1.84. The van der Waals surface area contributed by atoms with Crippen molar-refractivity contribution in [3.63, 3.8) is 0 Å². The fourth-order valence-electron chi connectivity index (χ4n) is 1.99. The number of hydrogen-bond donors (Lipinski definition) is 2. The van der Waals surface area contributed by atoms with Crippen molar-refractivity contribution in [3.8, 4) is 5.75 Å². The molecule has 0 heterocycles. The van der Waals surface area contributed by atoms with Crippen LogP contribution in [0.25, 0.3) is 0 Å². The highest BCUT2D eigenvalue weighted by molar-refractivity contribution is 5.26. The van der Waals surface area contributed by atoms with Crippen molar-refractivity contribution in [2.75, 3.05) is 6.54 Å². The second-order valence-electron chi connectivity index (χ2n) is 4.65. The van der Waals surface area contributed by atoms with Gasteiger partial charge in [0.2, 0.25) is 0 Å². The molecule has 2 nitrogen and oxygen atoms in total. The Kier molecular flexibility index (Phi) is 4.53. The van der Waals surface area contributed by atoms with E-state index in [0.29, 0.717) is 0 Å². The van der Waals surface area contributed by atoms with Gasteiger partial charge in [0.05, 0.1) is 0 Å². The summed E-state index contributed by atoms with van der Waals surface area (Å²) in [5.41, 5.74) is 2.11. The molecule has 0 saturated heterocycles. The molecule has 0 aliphatic rings. The summed E-state index contributed by atoms with van der Waals surface area (Å²) < 4.78 is 13.1. The monoisotopic (exact) mass is 259 g/mol. The summed E-state index contributed by atoms with van der Waals surface area (Å²) in [6, 6.07) is 14.0. The standard InChI is InChI=1S/C16H18FNO/c1-12(14-3-2-4-15(17)11-14)18-10-9-13-5-7-16(19)8-6-13/h2-8,11-12,18-19H,9-10H2,1H3. The fourth-order valence-corrected chi connectivity index (χ4v) is 1.99. The van der Waals surface area contributed by atoms with Crippen molar-refractivity contribution in [1.82, 2.24) is 5.32 Å². The van der Waals surface area contributed by atoms with E-state index in [-0.39, 0.29) is 17.6 Å². The smallest absolute Gasteiger partial charge is 0.123 e. The van der Waals surface area contributed by atoms with Crippen LogP contribution in [0, 0.1) is 5.82 Å². The Bertz CT molecular complexity index is 525. The van der Waals surface area contributed by atoms with Crippen molar-refractivity contribution < 1.29 is 9.50 Å². The van der Waals surface area contributed by atoms with E-state index >= 15 is 0 Å². The quantitative estimate of drug-likeness (QED) is 0.862. The molecule has 0 fully saturated rings. The molecule has 1 unspecified atom stereocenters. The zero-order valence-electron chi connectivity index (χ0n) is 10.9. The van der Waals surface area contributed by atoms with Crippen molar-refractivity contribution >= 4 is 0 Å². The predicted molar refractivity (Wildman–Crippen MR) is 74.6 cm³/mol. The molecule has 0 spiro atoms. The maximum Gasteiger partial charge on any atom is 0.123 e. The number of aromatic hydroxyl groups is 1. The number of rotatable bonds is 5. The molecule has 1 atom stereocenters. The summed E-state index contributed by atoms with van der Waals surface area (Å²) in [5, 5.41) is 12.6. The Hall–Kier alpha value is -1.87. The molecular weight excluding hydrogens is 241 g/mol. The lowest BCUT2D eigenvalue weighted by atomic mass is 10.1. The lowest BCUT2D eigenvalue weighted by molar-refractivity contribution is 0.475. The number of phenols is 1. The van der Waals surface area contributed by atoms with E-state index < -0.39 is 0 Å². The number of benzene rings is 2. The zero-order chi connectivity index (χ0) is 13.7. The van der Waals surface area contributed by atoms with Gasteiger partial charge in [0.25, 0.3) is 0 Å².